The molecule has 1 heterocycles. The molecule has 2 N–H and O–H groups in total. The average molecular weight is 351 g/mol. The average Bonchev–Trinajstić information content (AvgIpc) is 2.67. The first-order chi connectivity index (χ1) is 12.7. The maximum atomic E-state index is 12.0. The molecule has 0 radical (unpaired) electrons. The number of benzene rings is 2. The fourth-order valence-corrected chi connectivity index (χ4v) is 2.59. The molecular weight excluding hydrogens is 330 g/mol. The summed E-state index contributed by atoms with van der Waals surface area (Å²) in [6.07, 6.45) is 1.73. The van der Waals surface area contributed by atoms with Crippen molar-refractivity contribution in [1.82, 2.24) is 10.3 Å². The van der Waals surface area contributed by atoms with E-state index in [1.165, 1.54) is 0 Å². The van der Waals surface area contributed by atoms with E-state index in [4.69, 9.17) is 9.47 Å². The predicted molar refractivity (Wildman–Crippen MR) is 102 cm³/mol. The SMILES string of the molecule is COc1ccc(NC(=O)NCCOc2cccc3cccnc23)c(C)c1. The fourth-order valence-electron chi connectivity index (χ4n) is 2.59. The van der Waals surface area contributed by atoms with Gasteiger partial charge in [0.1, 0.15) is 23.6 Å². The zero-order valence-corrected chi connectivity index (χ0v) is 14.8. The number of aryl methyl sites for hydroxylation is 1. The standard InChI is InChI=1S/C20H21N3O3/c1-14-13-16(25-2)8-9-17(14)23-20(24)22-11-12-26-18-7-3-5-15-6-4-10-21-19(15)18/h3-10,13H,11-12H2,1-2H3,(H2,22,23,24). The Morgan fingerprint density at radius 3 is 2.81 bits per heavy atom. The lowest BCUT2D eigenvalue weighted by molar-refractivity contribution is 0.247. The van der Waals surface area contributed by atoms with E-state index >= 15 is 0 Å². The Hall–Kier alpha value is -3.28. The molecular formula is C20H21N3O3. The first kappa shape index (κ1) is 17.5. The van der Waals surface area contributed by atoms with Gasteiger partial charge in [-0.25, -0.2) is 4.79 Å². The van der Waals surface area contributed by atoms with E-state index in [1.54, 1.807) is 19.4 Å². The quantitative estimate of drug-likeness (QED) is 0.664. The summed E-state index contributed by atoms with van der Waals surface area (Å²) < 4.78 is 10.9. The number of para-hydroxylation sites is 1. The molecule has 2 amide bonds. The first-order valence-electron chi connectivity index (χ1n) is 8.33. The minimum atomic E-state index is -0.280. The van der Waals surface area contributed by atoms with Gasteiger partial charge in [0, 0.05) is 17.3 Å². The van der Waals surface area contributed by atoms with Gasteiger partial charge in [-0.3, -0.25) is 4.98 Å². The molecule has 0 aliphatic heterocycles. The van der Waals surface area contributed by atoms with E-state index in [0.717, 1.165) is 27.9 Å². The zero-order chi connectivity index (χ0) is 18.4. The number of rotatable bonds is 6. The zero-order valence-electron chi connectivity index (χ0n) is 14.8. The molecule has 0 unspecified atom stereocenters. The van der Waals surface area contributed by atoms with Crippen molar-refractivity contribution in [3.63, 3.8) is 0 Å². The number of hydrogen-bond acceptors (Lipinski definition) is 4. The summed E-state index contributed by atoms with van der Waals surface area (Å²) in [5, 5.41) is 6.61. The Morgan fingerprint density at radius 2 is 2.00 bits per heavy atom. The van der Waals surface area contributed by atoms with Crippen LogP contribution in [0.5, 0.6) is 11.5 Å². The minimum absolute atomic E-state index is 0.280. The fraction of sp³-hybridized carbons (Fsp3) is 0.200. The van der Waals surface area contributed by atoms with Crippen molar-refractivity contribution in [2.24, 2.45) is 0 Å². The molecule has 2 aromatic carbocycles. The van der Waals surface area contributed by atoms with Crippen molar-refractivity contribution in [3.8, 4) is 11.5 Å². The van der Waals surface area contributed by atoms with E-state index in [9.17, 15) is 4.79 Å². The third-order valence-corrected chi connectivity index (χ3v) is 3.92. The lowest BCUT2D eigenvalue weighted by Crippen LogP contribution is -2.32. The predicted octanol–water partition coefficient (Wildman–Crippen LogP) is 3.75. The monoisotopic (exact) mass is 351 g/mol. The number of nitrogens with zero attached hydrogens (tertiary/aromatic N) is 1. The van der Waals surface area contributed by atoms with Crippen molar-refractivity contribution in [2.75, 3.05) is 25.6 Å². The second kappa shape index (κ2) is 8.20. The first-order valence-corrected chi connectivity index (χ1v) is 8.33. The molecule has 0 aliphatic rings. The Balaban J connectivity index is 1.49. The second-order valence-corrected chi connectivity index (χ2v) is 5.74. The van der Waals surface area contributed by atoms with Crippen LogP contribution in [0.2, 0.25) is 0 Å². The Kier molecular flexibility index (Phi) is 5.53. The van der Waals surface area contributed by atoms with Crippen LogP contribution in [0.4, 0.5) is 10.5 Å². The van der Waals surface area contributed by atoms with E-state index in [0.29, 0.717) is 18.9 Å². The topological polar surface area (TPSA) is 72.5 Å². The molecule has 0 saturated heterocycles. The molecule has 0 spiro atoms. The van der Waals surface area contributed by atoms with Crippen molar-refractivity contribution < 1.29 is 14.3 Å². The van der Waals surface area contributed by atoms with Crippen molar-refractivity contribution >= 4 is 22.6 Å². The summed E-state index contributed by atoms with van der Waals surface area (Å²) in [4.78, 5) is 16.4. The normalized spacial score (nSPS) is 10.4. The van der Waals surface area contributed by atoms with Gasteiger partial charge in [-0.05, 0) is 42.8 Å². The molecule has 3 aromatic rings. The molecule has 134 valence electrons. The number of amides is 2. The highest BCUT2D eigenvalue weighted by Gasteiger charge is 2.06. The number of aromatic nitrogens is 1. The third-order valence-electron chi connectivity index (χ3n) is 3.92. The van der Waals surface area contributed by atoms with E-state index in [1.807, 2.05) is 49.4 Å². The Morgan fingerprint density at radius 1 is 1.15 bits per heavy atom. The maximum Gasteiger partial charge on any atom is 0.319 e. The van der Waals surface area contributed by atoms with E-state index in [2.05, 4.69) is 15.6 Å². The van der Waals surface area contributed by atoms with Crippen LogP contribution in [0, 0.1) is 6.92 Å². The molecule has 6 nitrogen and oxygen atoms in total. The van der Waals surface area contributed by atoms with Gasteiger partial charge >= 0.3 is 6.03 Å². The highest BCUT2D eigenvalue weighted by Crippen LogP contribution is 2.23. The lowest BCUT2D eigenvalue weighted by atomic mass is 10.2. The number of hydrogen-bond donors (Lipinski definition) is 2. The summed E-state index contributed by atoms with van der Waals surface area (Å²) in [5.41, 5.74) is 2.48. The van der Waals surface area contributed by atoms with E-state index in [-0.39, 0.29) is 6.03 Å². The number of carbonyl (C=O) groups is 1. The van der Waals surface area contributed by atoms with Gasteiger partial charge in [0.2, 0.25) is 0 Å². The maximum absolute atomic E-state index is 12.0. The number of fused-ring (bicyclic) bond motifs is 1. The van der Waals surface area contributed by atoms with Gasteiger partial charge in [-0.15, -0.1) is 0 Å². The molecule has 0 saturated carbocycles. The number of urea groups is 1. The molecule has 6 heteroatoms. The molecule has 3 rings (SSSR count). The van der Waals surface area contributed by atoms with Gasteiger partial charge in [0.25, 0.3) is 0 Å². The molecule has 26 heavy (non-hydrogen) atoms. The van der Waals surface area contributed by atoms with Gasteiger partial charge < -0.3 is 20.1 Å². The third kappa shape index (κ3) is 4.22. The number of nitrogens with one attached hydrogen (secondary N) is 2. The van der Waals surface area contributed by atoms with Gasteiger partial charge in [-0.2, -0.15) is 0 Å². The van der Waals surface area contributed by atoms with Crippen molar-refractivity contribution in [3.05, 3.63) is 60.3 Å². The van der Waals surface area contributed by atoms with Gasteiger partial charge in [0.05, 0.1) is 13.7 Å². The number of anilines is 1. The summed E-state index contributed by atoms with van der Waals surface area (Å²) >= 11 is 0. The molecule has 0 atom stereocenters. The van der Waals surface area contributed by atoms with Crippen LogP contribution in [0.1, 0.15) is 5.56 Å². The molecule has 0 aliphatic carbocycles. The molecule has 0 bridgehead atoms. The Bertz CT molecular complexity index is 906. The molecule has 0 fully saturated rings. The number of carbonyl (C=O) groups excluding carboxylic acids is 1. The van der Waals surface area contributed by atoms with Crippen molar-refractivity contribution in [2.45, 2.75) is 6.92 Å². The van der Waals surface area contributed by atoms with Gasteiger partial charge in [0.15, 0.2) is 0 Å². The minimum Gasteiger partial charge on any atom is -0.497 e. The van der Waals surface area contributed by atoms with Crippen LogP contribution >= 0.6 is 0 Å². The van der Waals surface area contributed by atoms with Crippen LogP contribution in [-0.2, 0) is 0 Å². The van der Waals surface area contributed by atoms with Crippen LogP contribution in [0.15, 0.2) is 54.7 Å². The smallest absolute Gasteiger partial charge is 0.319 e. The lowest BCUT2D eigenvalue weighted by Gasteiger charge is -2.12. The van der Waals surface area contributed by atoms with Crippen LogP contribution in [0.25, 0.3) is 10.9 Å². The van der Waals surface area contributed by atoms with E-state index < -0.39 is 0 Å². The molecule has 1 aromatic heterocycles. The highest BCUT2D eigenvalue weighted by molar-refractivity contribution is 5.90. The van der Waals surface area contributed by atoms with Crippen LogP contribution < -0.4 is 20.1 Å². The highest BCUT2D eigenvalue weighted by atomic mass is 16.5. The summed E-state index contributed by atoms with van der Waals surface area (Å²) in [5.74, 6) is 1.46. The number of methoxy groups -OCH3 is 1. The summed E-state index contributed by atoms with van der Waals surface area (Å²) in [7, 11) is 1.61. The number of pyridine rings is 1. The van der Waals surface area contributed by atoms with Gasteiger partial charge in [-0.1, -0.05) is 18.2 Å². The summed E-state index contributed by atoms with van der Waals surface area (Å²) in [6, 6.07) is 14.9. The Labute approximate surface area is 152 Å². The second-order valence-electron chi connectivity index (χ2n) is 5.74. The summed E-state index contributed by atoms with van der Waals surface area (Å²) in [6.45, 7) is 2.64. The number of ether oxygens (including phenoxy) is 2. The van der Waals surface area contributed by atoms with Crippen LogP contribution in [-0.4, -0.2) is 31.3 Å². The largest absolute Gasteiger partial charge is 0.497 e. The van der Waals surface area contributed by atoms with Crippen molar-refractivity contribution in [1.29, 1.82) is 0 Å². The van der Waals surface area contributed by atoms with Crippen LogP contribution in [0.3, 0.4) is 0 Å².